The van der Waals surface area contributed by atoms with Crippen LogP contribution in [0.1, 0.15) is 0 Å². The van der Waals surface area contributed by atoms with Crippen LogP contribution in [0.3, 0.4) is 0 Å². The second kappa shape index (κ2) is 3.29. The molecule has 2 rings (SSSR count). The van der Waals surface area contributed by atoms with Crippen molar-refractivity contribution < 1.29 is 14.6 Å². The molecule has 0 aliphatic rings. The van der Waals surface area contributed by atoms with E-state index in [2.05, 4.69) is 14.7 Å². The van der Waals surface area contributed by atoms with E-state index in [1.807, 2.05) is 0 Å². The van der Waals surface area contributed by atoms with Crippen LogP contribution in [0.25, 0.3) is 10.9 Å². The summed E-state index contributed by atoms with van der Waals surface area (Å²) >= 11 is 0. The summed E-state index contributed by atoms with van der Waals surface area (Å²) in [4.78, 5) is 18.1. The Morgan fingerprint density at radius 3 is 3.00 bits per heavy atom. The van der Waals surface area contributed by atoms with Gasteiger partial charge in [0.1, 0.15) is 0 Å². The van der Waals surface area contributed by atoms with Crippen molar-refractivity contribution in [1.82, 2.24) is 9.97 Å². The highest BCUT2D eigenvalue weighted by Crippen LogP contribution is 2.14. The Hall–Kier alpha value is -2.17. The van der Waals surface area contributed by atoms with Gasteiger partial charge in [-0.25, -0.2) is 9.78 Å². The van der Waals surface area contributed by atoms with Gasteiger partial charge in [-0.1, -0.05) is 0 Å². The van der Waals surface area contributed by atoms with E-state index in [0.717, 1.165) is 5.39 Å². The van der Waals surface area contributed by atoms with Gasteiger partial charge >= 0.3 is 6.16 Å². The summed E-state index contributed by atoms with van der Waals surface area (Å²) in [7, 11) is 0. The first kappa shape index (κ1) is 8.43. The van der Waals surface area contributed by atoms with Crippen LogP contribution in [0.5, 0.6) is 5.88 Å². The van der Waals surface area contributed by atoms with Crippen molar-refractivity contribution in [3.05, 3.63) is 30.6 Å². The quantitative estimate of drug-likeness (QED) is 0.692. The summed E-state index contributed by atoms with van der Waals surface area (Å²) in [6.07, 6.45) is 1.86. The molecule has 0 aromatic carbocycles. The van der Waals surface area contributed by atoms with Gasteiger partial charge < -0.3 is 9.84 Å². The Kier molecular flexibility index (Phi) is 1.98. The van der Waals surface area contributed by atoms with E-state index in [1.54, 1.807) is 24.5 Å². The summed E-state index contributed by atoms with van der Waals surface area (Å²) in [5.41, 5.74) is 0.652. The first-order valence-corrected chi connectivity index (χ1v) is 3.87. The lowest BCUT2D eigenvalue weighted by Gasteiger charge is -1.99. The topological polar surface area (TPSA) is 72.3 Å². The van der Waals surface area contributed by atoms with Gasteiger partial charge in [-0.15, -0.1) is 0 Å². The van der Waals surface area contributed by atoms with Crippen molar-refractivity contribution in [2.75, 3.05) is 0 Å². The van der Waals surface area contributed by atoms with Crippen molar-refractivity contribution in [3.8, 4) is 5.88 Å². The molecule has 1 N–H and O–H groups in total. The number of ether oxygens (including phenoxy) is 1. The van der Waals surface area contributed by atoms with Crippen molar-refractivity contribution in [2.45, 2.75) is 0 Å². The van der Waals surface area contributed by atoms with Crippen molar-refractivity contribution in [1.29, 1.82) is 0 Å². The Morgan fingerprint density at radius 2 is 2.21 bits per heavy atom. The third-order valence-electron chi connectivity index (χ3n) is 1.66. The standard InChI is InChI=1S/C9H6N2O3/c12-9(13)14-8-2-1-6-5-10-4-3-7(6)11-8/h1-5H,(H,12,13). The maximum absolute atomic E-state index is 10.2. The molecule has 0 aliphatic heterocycles. The van der Waals surface area contributed by atoms with E-state index in [4.69, 9.17) is 5.11 Å². The molecule has 0 saturated heterocycles. The van der Waals surface area contributed by atoms with Gasteiger partial charge in [0.15, 0.2) is 0 Å². The Morgan fingerprint density at radius 1 is 1.36 bits per heavy atom. The predicted molar refractivity (Wildman–Crippen MR) is 48.2 cm³/mol. The molecule has 0 radical (unpaired) electrons. The first-order valence-electron chi connectivity index (χ1n) is 3.87. The van der Waals surface area contributed by atoms with E-state index in [-0.39, 0.29) is 5.88 Å². The SMILES string of the molecule is O=C(O)Oc1ccc2cnccc2n1. The fourth-order valence-corrected chi connectivity index (χ4v) is 1.09. The van der Waals surface area contributed by atoms with Crippen molar-refractivity contribution in [2.24, 2.45) is 0 Å². The number of carbonyl (C=O) groups is 1. The Balaban J connectivity index is 2.46. The second-order valence-electron chi connectivity index (χ2n) is 2.59. The van der Waals surface area contributed by atoms with Gasteiger partial charge in [-0.3, -0.25) is 4.98 Å². The van der Waals surface area contributed by atoms with Gasteiger partial charge in [-0.2, -0.15) is 0 Å². The molecule has 2 heterocycles. The molecule has 0 bridgehead atoms. The summed E-state index contributed by atoms with van der Waals surface area (Å²) in [6, 6.07) is 4.87. The molecule has 0 atom stereocenters. The molecule has 5 heteroatoms. The van der Waals surface area contributed by atoms with Crippen LogP contribution in [-0.4, -0.2) is 21.2 Å². The summed E-state index contributed by atoms with van der Waals surface area (Å²) < 4.78 is 4.41. The average Bonchev–Trinajstić information content (AvgIpc) is 2.17. The van der Waals surface area contributed by atoms with E-state index in [9.17, 15) is 4.79 Å². The van der Waals surface area contributed by atoms with Crippen LogP contribution < -0.4 is 4.74 Å². The largest absolute Gasteiger partial charge is 0.512 e. The van der Waals surface area contributed by atoms with Gasteiger partial charge in [0, 0.05) is 23.8 Å². The minimum atomic E-state index is -1.37. The molecule has 5 nitrogen and oxygen atoms in total. The summed E-state index contributed by atoms with van der Waals surface area (Å²) in [5.74, 6) is 0.0659. The van der Waals surface area contributed by atoms with Crippen LogP contribution in [0.2, 0.25) is 0 Å². The molecule has 0 amide bonds. The zero-order valence-electron chi connectivity index (χ0n) is 7.04. The number of aromatic nitrogens is 2. The molecule has 0 spiro atoms. The highest BCUT2D eigenvalue weighted by atomic mass is 16.7. The minimum Gasteiger partial charge on any atom is -0.449 e. The molecular weight excluding hydrogens is 184 g/mol. The second-order valence-corrected chi connectivity index (χ2v) is 2.59. The molecule has 0 fully saturated rings. The number of hydrogen-bond acceptors (Lipinski definition) is 4. The van der Waals surface area contributed by atoms with Crippen LogP contribution in [0.15, 0.2) is 30.6 Å². The molecule has 70 valence electrons. The fourth-order valence-electron chi connectivity index (χ4n) is 1.09. The van der Waals surface area contributed by atoms with E-state index in [1.165, 1.54) is 6.07 Å². The predicted octanol–water partition coefficient (Wildman–Crippen LogP) is 1.69. The van der Waals surface area contributed by atoms with E-state index < -0.39 is 6.16 Å². The Labute approximate surface area is 79.0 Å². The number of fused-ring (bicyclic) bond motifs is 1. The number of carboxylic acid groups (broad SMARTS) is 1. The molecule has 14 heavy (non-hydrogen) atoms. The molecule has 0 unspecified atom stereocenters. The van der Waals surface area contributed by atoms with Crippen LogP contribution in [0, 0.1) is 0 Å². The maximum Gasteiger partial charge on any atom is 0.512 e. The van der Waals surface area contributed by atoms with Crippen molar-refractivity contribution in [3.63, 3.8) is 0 Å². The zero-order chi connectivity index (χ0) is 9.97. The van der Waals surface area contributed by atoms with Gasteiger partial charge in [0.2, 0.25) is 5.88 Å². The monoisotopic (exact) mass is 190 g/mol. The number of rotatable bonds is 1. The maximum atomic E-state index is 10.2. The lowest BCUT2D eigenvalue weighted by molar-refractivity contribution is 0.142. The average molecular weight is 190 g/mol. The third kappa shape index (κ3) is 1.61. The third-order valence-corrected chi connectivity index (χ3v) is 1.66. The van der Waals surface area contributed by atoms with Crippen LogP contribution in [-0.2, 0) is 0 Å². The molecule has 2 aromatic rings. The van der Waals surface area contributed by atoms with E-state index >= 15 is 0 Å². The lowest BCUT2D eigenvalue weighted by atomic mass is 10.3. The first-order chi connectivity index (χ1) is 6.75. The molecular formula is C9H6N2O3. The van der Waals surface area contributed by atoms with Gasteiger partial charge in [-0.05, 0) is 12.1 Å². The zero-order valence-corrected chi connectivity index (χ0v) is 7.04. The molecule has 2 aromatic heterocycles. The summed E-state index contributed by atoms with van der Waals surface area (Å²) in [6.45, 7) is 0. The fraction of sp³-hybridized carbons (Fsp3) is 0. The lowest BCUT2D eigenvalue weighted by Crippen LogP contribution is -2.04. The molecule has 0 aliphatic carbocycles. The van der Waals surface area contributed by atoms with Gasteiger partial charge in [0.25, 0.3) is 0 Å². The smallest absolute Gasteiger partial charge is 0.449 e. The van der Waals surface area contributed by atoms with Crippen LogP contribution >= 0.6 is 0 Å². The number of pyridine rings is 2. The van der Waals surface area contributed by atoms with Crippen molar-refractivity contribution >= 4 is 17.1 Å². The minimum absolute atomic E-state index is 0.0659. The van der Waals surface area contributed by atoms with E-state index in [0.29, 0.717) is 5.52 Å². The Bertz CT molecular complexity index is 484. The molecule has 0 saturated carbocycles. The highest BCUT2D eigenvalue weighted by Gasteiger charge is 2.02. The van der Waals surface area contributed by atoms with Crippen LogP contribution in [0.4, 0.5) is 4.79 Å². The highest BCUT2D eigenvalue weighted by molar-refractivity contribution is 5.78. The normalized spacial score (nSPS) is 10.0. The number of hydrogen-bond donors (Lipinski definition) is 1. The summed E-state index contributed by atoms with van der Waals surface area (Å²) in [5, 5.41) is 9.20. The number of nitrogens with zero attached hydrogens (tertiary/aromatic N) is 2. The van der Waals surface area contributed by atoms with Gasteiger partial charge in [0.05, 0.1) is 5.52 Å².